The molecule has 8 rings (SSSR count). The van der Waals surface area contributed by atoms with Gasteiger partial charge in [-0.1, -0.05) is 29.8 Å². The number of hydrogen-bond donors (Lipinski definition) is 0. The zero-order valence-electron chi connectivity index (χ0n) is 35.3. The van der Waals surface area contributed by atoms with Gasteiger partial charge in [0, 0.05) is 74.2 Å². The molecule has 340 valence electrons. The molecule has 4 aromatic carbocycles. The van der Waals surface area contributed by atoms with Gasteiger partial charge in [-0.3, -0.25) is 0 Å². The molecule has 0 saturated carbocycles. The van der Waals surface area contributed by atoms with Crippen molar-refractivity contribution in [3.8, 4) is 39.8 Å². The van der Waals surface area contributed by atoms with E-state index in [0.717, 1.165) is 33.7 Å². The SMILES string of the molecule is COc1cc(-c2csc(N3CCN(S(=O)(=O)c4cc(F)ccc4C)CC3)n2)cc(OC)c1OC.Cc1ccc(F)cc1S(=O)(=O)N1CCN(c2nc(-c3ccc(Cl)c(F)c3)cs2)CC1. The summed E-state index contributed by atoms with van der Waals surface area (Å²) in [5, 5.41) is 5.36. The smallest absolute Gasteiger partial charge is 0.243 e. The Balaban J connectivity index is 0.000000193. The highest BCUT2D eigenvalue weighted by Crippen LogP contribution is 2.42. The Hall–Kier alpha value is -4.96. The quantitative estimate of drug-likeness (QED) is 0.124. The molecule has 0 radical (unpaired) electrons. The van der Waals surface area contributed by atoms with Crippen LogP contribution in [0.5, 0.6) is 17.2 Å². The first-order chi connectivity index (χ1) is 30.5. The summed E-state index contributed by atoms with van der Waals surface area (Å²) in [6.07, 6.45) is 0. The van der Waals surface area contributed by atoms with Crippen LogP contribution in [0.1, 0.15) is 11.1 Å². The highest BCUT2D eigenvalue weighted by molar-refractivity contribution is 7.89. The number of halogens is 4. The number of sulfonamides is 2. The summed E-state index contributed by atoms with van der Waals surface area (Å²) < 4.78 is 112. The van der Waals surface area contributed by atoms with Crippen LogP contribution in [-0.2, 0) is 20.0 Å². The topological polar surface area (TPSA) is 135 Å². The van der Waals surface area contributed by atoms with Crippen LogP contribution in [0.4, 0.5) is 23.4 Å². The maximum absolute atomic E-state index is 13.7. The second kappa shape index (κ2) is 19.6. The number of thiazole rings is 2. The Morgan fingerprint density at radius 2 is 1.02 bits per heavy atom. The van der Waals surface area contributed by atoms with Gasteiger partial charge < -0.3 is 24.0 Å². The lowest BCUT2D eigenvalue weighted by atomic mass is 10.1. The van der Waals surface area contributed by atoms with Crippen LogP contribution in [-0.4, -0.2) is 109 Å². The van der Waals surface area contributed by atoms with Crippen molar-refractivity contribution in [2.24, 2.45) is 0 Å². The van der Waals surface area contributed by atoms with Crippen molar-refractivity contribution in [1.82, 2.24) is 18.6 Å². The molecule has 0 N–H and O–H groups in total. The van der Waals surface area contributed by atoms with Crippen LogP contribution in [0.2, 0.25) is 5.02 Å². The van der Waals surface area contributed by atoms with E-state index in [1.807, 2.05) is 27.8 Å². The summed E-state index contributed by atoms with van der Waals surface area (Å²) >= 11 is 8.63. The molecular formula is C43H44ClF3N6O7S4. The van der Waals surface area contributed by atoms with Crippen LogP contribution in [0, 0.1) is 31.3 Å². The number of hydrogen-bond acceptors (Lipinski definition) is 13. The zero-order valence-corrected chi connectivity index (χ0v) is 39.4. The van der Waals surface area contributed by atoms with Gasteiger partial charge in [0.05, 0.1) is 47.5 Å². The molecule has 4 heterocycles. The predicted molar refractivity (Wildman–Crippen MR) is 244 cm³/mol. The standard InChI is InChI=1S/C23H26FN3O5S2.C20H18ClF2N3O2S2/c1-15-5-6-17(24)13-21(15)34(28,29)27-9-7-26(8-10-27)23-25-18(14-33-23)16-11-19(30-2)22(32-4)20(12-16)31-3;1-13-2-4-15(22)11-19(13)30(27,28)26-8-6-25(7-9-26)20-24-18(12-29-20)14-3-5-16(21)17(23)10-14/h5-6,11-14H,7-10H2,1-4H3;2-5,10-12H,6-9H2,1H3. The van der Waals surface area contributed by atoms with Crippen LogP contribution < -0.4 is 24.0 Å². The first-order valence-electron chi connectivity index (χ1n) is 19.7. The molecule has 2 aliphatic heterocycles. The summed E-state index contributed by atoms with van der Waals surface area (Å²) in [6, 6.07) is 15.8. The number of aromatic nitrogens is 2. The van der Waals surface area contributed by atoms with Gasteiger partial charge in [-0.15, -0.1) is 22.7 Å². The molecule has 6 aromatic rings. The maximum Gasteiger partial charge on any atom is 0.243 e. The minimum absolute atomic E-state index is 0.00255. The molecule has 0 aliphatic carbocycles. The Kier molecular flexibility index (Phi) is 14.4. The van der Waals surface area contributed by atoms with Crippen LogP contribution in [0.15, 0.2) is 87.3 Å². The highest BCUT2D eigenvalue weighted by Gasteiger charge is 2.32. The van der Waals surface area contributed by atoms with Gasteiger partial charge in [-0.25, -0.2) is 40.0 Å². The Labute approximate surface area is 383 Å². The lowest BCUT2D eigenvalue weighted by Gasteiger charge is -2.34. The summed E-state index contributed by atoms with van der Waals surface area (Å²) in [6.45, 7) is 6.30. The van der Waals surface area contributed by atoms with Crippen LogP contribution in [0.3, 0.4) is 0 Å². The number of rotatable bonds is 11. The molecule has 2 aliphatic rings. The monoisotopic (exact) mass is 976 g/mol. The molecular weight excluding hydrogens is 933 g/mol. The second-order valence-corrected chi connectivity index (χ2v) is 20.6. The summed E-state index contributed by atoms with van der Waals surface area (Å²) in [7, 11) is -2.87. The lowest BCUT2D eigenvalue weighted by Crippen LogP contribution is -2.48. The van der Waals surface area contributed by atoms with E-state index in [2.05, 4.69) is 9.88 Å². The molecule has 0 bridgehead atoms. The van der Waals surface area contributed by atoms with Gasteiger partial charge in [-0.05, 0) is 73.5 Å². The maximum atomic E-state index is 13.7. The van der Waals surface area contributed by atoms with Crippen molar-refractivity contribution < 1.29 is 44.2 Å². The van der Waals surface area contributed by atoms with Gasteiger partial charge in [0.25, 0.3) is 0 Å². The van der Waals surface area contributed by atoms with Gasteiger partial charge >= 0.3 is 0 Å². The average Bonchev–Trinajstić information content (AvgIpc) is 4.00. The van der Waals surface area contributed by atoms with E-state index in [1.54, 1.807) is 41.2 Å². The third kappa shape index (κ3) is 9.97. The zero-order chi connectivity index (χ0) is 45.9. The molecule has 21 heteroatoms. The fourth-order valence-corrected chi connectivity index (χ4v) is 12.4. The fraction of sp³-hybridized carbons (Fsp3) is 0.302. The number of methoxy groups -OCH3 is 3. The highest BCUT2D eigenvalue weighted by atomic mass is 35.5. The van der Waals surface area contributed by atoms with E-state index in [4.69, 9.17) is 30.8 Å². The number of benzene rings is 4. The Bertz CT molecular complexity index is 2840. The molecule has 0 unspecified atom stereocenters. The summed E-state index contributed by atoms with van der Waals surface area (Å²) in [4.78, 5) is 13.4. The second-order valence-electron chi connectivity index (χ2n) is 14.7. The van der Waals surface area contributed by atoms with Gasteiger partial charge in [-0.2, -0.15) is 8.61 Å². The summed E-state index contributed by atoms with van der Waals surface area (Å²) in [5.74, 6) is -0.0577. The molecule has 64 heavy (non-hydrogen) atoms. The third-order valence-electron chi connectivity index (χ3n) is 10.7. The Morgan fingerprint density at radius 1 is 0.578 bits per heavy atom. The summed E-state index contributed by atoms with van der Waals surface area (Å²) in [5.41, 5.74) is 3.88. The number of aryl methyl sites for hydroxylation is 2. The van der Waals surface area contributed by atoms with Crippen molar-refractivity contribution in [3.63, 3.8) is 0 Å². The van der Waals surface area contributed by atoms with Crippen LogP contribution in [0.25, 0.3) is 22.5 Å². The van der Waals surface area contributed by atoms with E-state index in [0.29, 0.717) is 65.8 Å². The fourth-order valence-electron chi connectivity index (χ4n) is 7.19. The minimum Gasteiger partial charge on any atom is -0.493 e. The van der Waals surface area contributed by atoms with Crippen molar-refractivity contribution >= 4 is 64.6 Å². The van der Waals surface area contributed by atoms with Gasteiger partial charge in [0.1, 0.15) is 17.5 Å². The van der Waals surface area contributed by atoms with E-state index < -0.39 is 37.5 Å². The molecule has 0 atom stereocenters. The number of piperazine rings is 2. The van der Waals surface area contributed by atoms with Crippen molar-refractivity contribution in [3.05, 3.63) is 111 Å². The average molecular weight is 978 g/mol. The first kappa shape index (κ1) is 47.0. The number of ether oxygens (including phenoxy) is 3. The van der Waals surface area contributed by atoms with E-state index >= 15 is 0 Å². The normalized spacial score (nSPS) is 15.1. The van der Waals surface area contributed by atoms with E-state index in [1.165, 1.54) is 67.7 Å². The molecule has 13 nitrogen and oxygen atoms in total. The van der Waals surface area contributed by atoms with Gasteiger partial charge in [0.15, 0.2) is 21.8 Å². The first-order valence-corrected chi connectivity index (χ1v) is 24.7. The predicted octanol–water partition coefficient (Wildman–Crippen LogP) is 8.36. The largest absolute Gasteiger partial charge is 0.493 e. The van der Waals surface area contributed by atoms with Crippen LogP contribution >= 0.6 is 34.3 Å². The minimum atomic E-state index is -3.77. The van der Waals surface area contributed by atoms with Crippen molar-refractivity contribution in [2.45, 2.75) is 23.6 Å². The van der Waals surface area contributed by atoms with Crippen molar-refractivity contribution in [1.29, 1.82) is 0 Å². The lowest BCUT2D eigenvalue weighted by molar-refractivity contribution is 0.324. The van der Waals surface area contributed by atoms with E-state index in [9.17, 15) is 30.0 Å². The molecule has 2 aromatic heterocycles. The Morgan fingerprint density at radius 3 is 1.42 bits per heavy atom. The van der Waals surface area contributed by atoms with Gasteiger partial charge in [0.2, 0.25) is 25.8 Å². The van der Waals surface area contributed by atoms with E-state index in [-0.39, 0.29) is 41.0 Å². The van der Waals surface area contributed by atoms with Crippen molar-refractivity contribution in [2.75, 3.05) is 83.5 Å². The molecule has 0 spiro atoms. The third-order valence-corrected chi connectivity index (χ3v) is 16.9. The molecule has 2 saturated heterocycles. The number of nitrogens with zero attached hydrogens (tertiary/aromatic N) is 6. The molecule has 0 amide bonds. The number of anilines is 2. The molecule has 2 fully saturated rings.